The fraction of sp³-hybridized carbons (Fsp3) is 0.467. The van der Waals surface area contributed by atoms with Crippen molar-refractivity contribution in [2.45, 2.75) is 32.3 Å². The molecule has 0 bridgehead atoms. The van der Waals surface area contributed by atoms with Gasteiger partial charge in [0, 0.05) is 0 Å². The van der Waals surface area contributed by atoms with Crippen molar-refractivity contribution in [3.63, 3.8) is 0 Å². The Hall–Kier alpha value is -1.33. The minimum absolute atomic E-state index is 0.0270. The predicted octanol–water partition coefficient (Wildman–Crippen LogP) is 3.68. The molecule has 1 fully saturated rings. The first-order chi connectivity index (χ1) is 8.24. The van der Waals surface area contributed by atoms with E-state index in [1.807, 2.05) is 6.07 Å². The summed E-state index contributed by atoms with van der Waals surface area (Å²) >= 11 is 0. The molecular formula is C15H17FO. The highest BCUT2D eigenvalue weighted by molar-refractivity contribution is 5.36. The maximum atomic E-state index is 13.6. The van der Waals surface area contributed by atoms with Crippen LogP contribution in [0, 0.1) is 24.1 Å². The molecule has 1 aromatic rings. The first-order valence-corrected chi connectivity index (χ1v) is 6.12. The van der Waals surface area contributed by atoms with Crippen molar-refractivity contribution in [1.82, 2.24) is 0 Å². The Morgan fingerprint density at radius 1 is 1.47 bits per heavy atom. The molecule has 2 rings (SSSR count). The molecule has 1 aliphatic rings. The number of benzene rings is 1. The molecule has 0 saturated carbocycles. The maximum Gasteiger partial charge on any atom is 0.139 e. The third-order valence-corrected chi connectivity index (χ3v) is 3.47. The third-order valence-electron chi connectivity index (χ3n) is 3.47. The molecule has 0 amide bonds. The quantitative estimate of drug-likeness (QED) is 0.707. The average molecular weight is 232 g/mol. The van der Waals surface area contributed by atoms with E-state index in [0.29, 0.717) is 11.5 Å². The standard InChI is InChI=1S/C15H17FO/c1-3-11-5-8-15(17-10-11)13-7-6-12(4-2)14(16)9-13/h2,6-7,9,11,15H,3,5,8,10H2,1H3. The van der Waals surface area contributed by atoms with Crippen molar-refractivity contribution in [3.8, 4) is 12.3 Å². The molecule has 2 atom stereocenters. The Balaban J connectivity index is 2.09. The largest absolute Gasteiger partial charge is 0.373 e. The highest BCUT2D eigenvalue weighted by Gasteiger charge is 2.22. The summed E-state index contributed by atoms with van der Waals surface area (Å²) in [4.78, 5) is 0. The second-order valence-electron chi connectivity index (χ2n) is 4.56. The highest BCUT2D eigenvalue weighted by atomic mass is 19.1. The summed E-state index contributed by atoms with van der Waals surface area (Å²) in [6, 6.07) is 5.03. The van der Waals surface area contributed by atoms with E-state index in [1.165, 1.54) is 6.07 Å². The van der Waals surface area contributed by atoms with E-state index < -0.39 is 0 Å². The van der Waals surface area contributed by atoms with Crippen LogP contribution in [0.5, 0.6) is 0 Å². The van der Waals surface area contributed by atoms with E-state index in [4.69, 9.17) is 11.2 Å². The van der Waals surface area contributed by atoms with Crippen LogP contribution in [0.2, 0.25) is 0 Å². The van der Waals surface area contributed by atoms with Gasteiger partial charge in [0.2, 0.25) is 0 Å². The SMILES string of the molecule is C#Cc1ccc(C2CCC(CC)CO2)cc1F. The van der Waals surface area contributed by atoms with Crippen LogP contribution in [0.3, 0.4) is 0 Å². The number of hydrogen-bond acceptors (Lipinski definition) is 1. The van der Waals surface area contributed by atoms with Gasteiger partial charge in [-0.3, -0.25) is 0 Å². The van der Waals surface area contributed by atoms with E-state index in [2.05, 4.69) is 12.8 Å². The minimum Gasteiger partial charge on any atom is -0.373 e. The van der Waals surface area contributed by atoms with E-state index in [0.717, 1.165) is 31.4 Å². The van der Waals surface area contributed by atoms with E-state index in [1.54, 1.807) is 6.07 Å². The van der Waals surface area contributed by atoms with Gasteiger partial charge in [0.25, 0.3) is 0 Å². The van der Waals surface area contributed by atoms with Gasteiger partial charge in [-0.1, -0.05) is 25.3 Å². The molecule has 17 heavy (non-hydrogen) atoms. The lowest BCUT2D eigenvalue weighted by Gasteiger charge is -2.28. The molecule has 1 aromatic carbocycles. The van der Waals surface area contributed by atoms with Gasteiger partial charge in [-0.25, -0.2) is 4.39 Å². The van der Waals surface area contributed by atoms with Crippen molar-refractivity contribution < 1.29 is 9.13 Å². The van der Waals surface area contributed by atoms with Crippen LogP contribution in [0.4, 0.5) is 4.39 Å². The third kappa shape index (κ3) is 2.68. The van der Waals surface area contributed by atoms with Crippen molar-refractivity contribution in [3.05, 3.63) is 35.1 Å². The Labute approximate surface area is 102 Å². The second kappa shape index (κ2) is 5.33. The van der Waals surface area contributed by atoms with Crippen molar-refractivity contribution >= 4 is 0 Å². The molecular weight excluding hydrogens is 215 g/mol. The van der Waals surface area contributed by atoms with Crippen molar-refractivity contribution in [1.29, 1.82) is 0 Å². The van der Waals surface area contributed by atoms with Gasteiger partial charge in [0.1, 0.15) is 5.82 Å². The number of ether oxygens (including phenoxy) is 1. The number of halogens is 1. The lowest BCUT2D eigenvalue weighted by Crippen LogP contribution is -2.20. The van der Waals surface area contributed by atoms with Crippen LogP contribution in [0.15, 0.2) is 18.2 Å². The molecule has 1 saturated heterocycles. The van der Waals surface area contributed by atoms with Gasteiger partial charge >= 0.3 is 0 Å². The maximum absolute atomic E-state index is 13.6. The summed E-state index contributed by atoms with van der Waals surface area (Å²) in [6.07, 6.45) is 8.49. The highest BCUT2D eigenvalue weighted by Crippen LogP contribution is 2.32. The molecule has 2 heteroatoms. The summed E-state index contributed by atoms with van der Waals surface area (Å²) in [5, 5.41) is 0. The fourth-order valence-electron chi connectivity index (χ4n) is 2.24. The van der Waals surface area contributed by atoms with Gasteiger partial charge in [0.15, 0.2) is 0 Å². The van der Waals surface area contributed by atoms with Crippen LogP contribution < -0.4 is 0 Å². The summed E-state index contributed by atoms with van der Waals surface area (Å²) < 4.78 is 19.3. The zero-order valence-electron chi connectivity index (χ0n) is 10.1. The smallest absolute Gasteiger partial charge is 0.139 e. The Kier molecular flexibility index (Phi) is 3.81. The first-order valence-electron chi connectivity index (χ1n) is 6.12. The molecule has 2 unspecified atom stereocenters. The summed E-state index contributed by atoms with van der Waals surface area (Å²) in [7, 11) is 0. The molecule has 0 radical (unpaired) electrons. The van der Waals surface area contributed by atoms with Gasteiger partial charge in [0.05, 0.1) is 18.3 Å². The average Bonchev–Trinajstić information content (AvgIpc) is 2.39. The fourth-order valence-corrected chi connectivity index (χ4v) is 2.24. The minimum atomic E-state index is -0.328. The van der Waals surface area contributed by atoms with Crippen LogP contribution in [0.25, 0.3) is 0 Å². The number of terminal acetylenes is 1. The van der Waals surface area contributed by atoms with Gasteiger partial charge in [-0.2, -0.15) is 0 Å². The monoisotopic (exact) mass is 232 g/mol. The topological polar surface area (TPSA) is 9.23 Å². The summed E-state index contributed by atoms with van der Waals surface area (Å²) in [5.74, 6) is 2.65. The zero-order valence-corrected chi connectivity index (χ0v) is 10.1. The van der Waals surface area contributed by atoms with Crippen LogP contribution in [-0.4, -0.2) is 6.61 Å². The summed E-state index contributed by atoms with van der Waals surface area (Å²) in [6.45, 7) is 2.95. The van der Waals surface area contributed by atoms with E-state index in [-0.39, 0.29) is 11.9 Å². The van der Waals surface area contributed by atoms with Gasteiger partial charge in [-0.05, 0) is 36.5 Å². The molecule has 0 aromatic heterocycles. The van der Waals surface area contributed by atoms with Gasteiger partial charge in [-0.15, -0.1) is 6.42 Å². The van der Waals surface area contributed by atoms with Crippen LogP contribution >= 0.6 is 0 Å². The first kappa shape index (κ1) is 12.1. The molecule has 90 valence electrons. The molecule has 1 heterocycles. The summed E-state index contributed by atoms with van der Waals surface area (Å²) in [5.41, 5.74) is 1.21. The molecule has 0 spiro atoms. The lowest BCUT2D eigenvalue weighted by molar-refractivity contribution is -0.0182. The molecule has 0 aliphatic carbocycles. The number of rotatable bonds is 2. The Morgan fingerprint density at radius 3 is 2.82 bits per heavy atom. The lowest BCUT2D eigenvalue weighted by atomic mass is 9.93. The Morgan fingerprint density at radius 2 is 2.29 bits per heavy atom. The molecule has 1 aliphatic heterocycles. The predicted molar refractivity (Wildman–Crippen MR) is 66.0 cm³/mol. The van der Waals surface area contributed by atoms with Crippen molar-refractivity contribution in [2.75, 3.05) is 6.61 Å². The van der Waals surface area contributed by atoms with E-state index >= 15 is 0 Å². The normalized spacial score (nSPS) is 24.3. The zero-order chi connectivity index (χ0) is 12.3. The van der Waals surface area contributed by atoms with Crippen molar-refractivity contribution in [2.24, 2.45) is 5.92 Å². The molecule has 1 nitrogen and oxygen atoms in total. The van der Waals surface area contributed by atoms with Gasteiger partial charge < -0.3 is 4.74 Å². The molecule has 0 N–H and O–H groups in total. The second-order valence-corrected chi connectivity index (χ2v) is 4.56. The van der Waals surface area contributed by atoms with E-state index in [9.17, 15) is 4.39 Å². The van der Waals surface area contributed by atoms with Crippen LogP contribution in [-0.2, 0) is 4.74 Å². The Bertz CT molecular complexity index is 425. The number of hydrogen-bond donors (Lipinski definition) is 0. The van der Waals surface area contributed by atoms with Crippen LogP contribution in [0.1, 0.15) is 43.4 Å².